The minimum atomic E-state index is -0.325. The Morgan fingerprint density at radius 2 is 1.81 bits per heavy atom. The van der Waals surface area contributed by atoms with Gasteiger partial charge in [-0.3, -0.25) is 14.3 Å². The van der Waals surface area contributed by atoms with Gasteiger partial charge in [0.25, 0.3) is 0 Å². The van der Waals surface area contributed by atoms with E-state index in [4.69, 9.17) is 23.2 Å². The lowest BCUT2D eigenvalue weighted by molar-refractivity contribution is -0.119. The highest BCUT2D eigenvalue weighted by Crippen LogP contribution is 2.28. The van der Waals surface area contributed by atoms with Gasteiger partial charge in [0.1, 0.15) is 5.82 Å². The summed E-state index contributed by atoms with van der Waals surface area (Å²) in [4.78, 5) is 14.6. The van der Waals surface area contributed by atoms with Gasteiger partial charge in [0.2, 0.25) is 5.91 Å². The monoisotopic (exact) mass is 495 g/mol. The molecule has 0 saturated heterocycles. The number of benzene rings is 2. The zero-order chi connectivity index (χ0) is 23.4. The highest BCUT2D eigenvalue weighted by molar-refractivity contribution is 7.99. The quantitative estimate of drug-likeness (QED) is 0.429. The second-order valence-corrected chi connectivity index (χ2v) is 9.30. The molecule has 0 fully saturated rings. The van der Waals surface area contributed by atoms with Crippen LogP contribution < -0.4 is 5.32 Å². The third-order valence-electron chi connectivity index (χ3n) is 5.04. The molecule has 32 heavy (non-hydrogen) atoms. The fraction of sp³-hybridized carbons (Fsp3) is 0.318. The van der Waals surface area contributed by atoms with Crippen LogP contribution in [0, 0.1) is 5.82 Å². The molecule has 0 bridgehead atoms. The maximum absolute atomic E-state index is 13.5. The number of carbonyl (C=O) groups excluding carboxylic acids is 1. The van der Waals surface area contributed by atoms with Gasteiger partial charge in [-0.25, -0.2) is 4.39 Å². The lowest BCUT2D eigenvalue weighted by Gasteiger charge is -2.20. The topological polar surface area (TPSA) is 63.1 Å². The van der Waals surface area contributed by atoms with Crippen molar-refractivity contribution >= 4 is 40.9 Å². The molecule has 0 aliphatic heterocycles. The largest absolute Gasteiger partial charge is 0.349 e. The van der Waals surface area contributed by atoms with Crippen LogP contribution in [0.3, 0.4) is 0 Å². The third kappa shape index (κ3) is 5.81. The molecule has 3 aromatic rings. The first-order chi connectivity index (χ1) is 15.2. The van der Waals surface area contributed by atoms with E-state index in [1.165, 1.54) is 23.9 Å². The van der Waals surface area contributed by atoms with E-state index in [-0.39, 0.29) is 29.6 Å². The van der Waals surface area contributed by atoms with Crippen LogP contribution in [0.15, 0.2) is 47.6 Å². The molecule has 0 aliphatic rings. The van der Waals surface area contributed by atoms with Crippen LogP contribution in [0.5, 0.6) is 0 Å². The first kappa shape index (κ1) is 24.5. The first-order valence-corrected chi connectivity index (χ1v) is 11.7. The molecule has 10 heteroatoms. The smallest absolute Gasteiger partial charge is 0.230 e. The predicted octanol–water partition coefficient (Wildman–Crippen LogP) is 5.31. The van der Waals surface area contributed by atoms with E-state index in [0.717, 1.165) is 11.3 Å². The van der Waals surface area contributed by atoms with Crippen molar-refractivity contribution in [1.82, 2.24) is 25.0 Å². The Kier molecular flexibility index (Phi) is 8.16. The average molecular weight is 496 g/mol. The van der Waals surface area contributed by atoms with Crippen molar-refractivity contribution in [1.29, 1.82) is 0 Å². The van der Waals surface area contributed by atoms with Gasteiger partial charge >= 0.3 is 0 Å². The molecule has 1 amide bonds. The molecule has 6 nitrogen and oxygen atoms in total. The molecule has 0 unspecified atom stereocenters. The van der Waals surface area contributed by atoms with Gasteiger partial charge in [-0.1, -0.05) is 41.0 Å². The highest BCUT2D eigenvalue weighted by Gasteiger charge is 2.22. The van der Waals surface area contributed by atoms with Crippen LogP contribution in [0.4, 0.5) is 4.39 Å². The molecular weight excluding hydrogens is 472 g/mol. The van der Waals surface area contributed by atoms with Crippen molar-refractivity contribution in [2.45, 2.75) is 31.1 Å². The fourth-order valence-corrected chi connectivity index (χ4v) is 4.06. The maximum Gasteiger partial charge on any atom is 0.230 e. The summed E-state index contributed by atoms with van der Waals surface area (Å²) in [6.45, 7) is 3.88. The Labute approximate surface area is 201 Å². The summed E-state index contributed by atoms with van der Waals surface area (Å²) >= 11 is 13.3. The first-order valence-electron chi connectivity index (χ1n) is 9.92. The van der Waals surface area contributed by atoms with Crippen LogP contribution in [0.25, 0.3) is 5.69 Å². The van der Waals surface area contributed by atoms with Gasteiger partial charge in [0, 0.05) is 5.69 Å². The summed E-state index contributed by atoms with van der Waals surface area (Å²) in [6.07, 6.45) is 0. The zero-order valence-corrected chi connectivity index (χ0v) is 20.5. The van der Waals surface area contributed by atoms with Crippen molar-refractivity contribution in [3.63, 3.8) is 0 Å². The zero-order valence-electron chi connectivity index (χ0n) is 18.1. The Bertz CT molecular complexity index is 1090. The number of halogens is 3. The summed E-state index contributed by atoms with van der Waals surface area (Å²) in [5.41, 5.74) is 1.58. The molecule has 0 radical (unpaired) electrons. The molecule has 3 rings (SSSR count). The Morgan fingerprint density at radius 1 is 1.12 bits per heavy atom. The van der Waals surface area contributed by atoms with Crippen molar-refractivity contribution in [3.05, 3.63) is 69.7 Å². The molecule has 1 heterocycles. The molecule has 2 atom stereocenters. The standard InChI is InChI=1S/C22H24Cl2FN5OS/c1-13(15-5-10-18(23)19(24)11-15)26-20(31)12-32-22-28-27-21(14(2)29(3)4)30(22)17-8-6-16(25)7-9-17/h5-11,13-14H,12H2,1-4H3,(H,26,31)/t13-,14-/m1/s1. The van der Waals surface area contributed by atoms with E-state index in [0.29, 0.717) is 21.0 Å². The van der Waals surface area contributed by atoms with Crippen LogP contribution in [0.1, 0.15) is 37.3 Å². The number of hydrogen-bond acceptors (Lipinski definition) is 5. The minimum absolute atomic E-state index is 0.0367. The SMILES string of the molecule is C[C@H](c1nnc(SCC(=O)N[C@H](C)c2ccc(Cl)c(Cl)c2)n1-c1ccc(F)cc1)N(C)C. The minimum Gasteiger partial charge on any atom is -0.349 e. The van der Waals surface area contributed by atoms with Gasteiger partial charge < -0.3 is 5.32 Å². The summed E-state index contributed by atoms with van der Waals surface area (Å²) in [7, 11) is 3.89. The molecule has 2 aromatic carbocycles. The lowest BCUT2D eigenvalue weighted by Crippen LogP contribution is -2.28. The number of thioether (sulfide) groups is 1. The normalized spacial score (nSPS) is 13.2. The van der Waals surface area contributed by atoms with Gasteiger partial charge in [-0.05, 0) is 69.9 Å². The number of hydrogen-bond donors (Lipinski definition) is 1. The van der Waals surface area contributed by atoms with E-state index >= 15 is 0 Å². The van der Waals surface area contributed by atoms with Crippen LogP contribution in [-0.2, 0) is 4.79 Å². The number of rotatable bonds is 8. The third-order valence-corrected chi connectivity index (χ3v) is 6.71. The van der Waals surface area contributed by atoms with E-state index in [1.54, 1.807) is 24.3 Å². The number of carbonyl (C=O) groups is 1. The van der Waals surface area contributed by atoms with Crippen molar-refractivity contribution < 1.29 is 9.18 Å². The number of nitrogens with one attached hydrogen (secondary N) is 1. The van der Waals surface area contributed by atoms with Gasteiger partial charge in [-0.2, -0.15) is 0 Å². The Morgan fingerprint density at radius 3 is 2.44 bits per heavy atom. The summed E-state index contributed by atoms with van der Waals surface area (Å²) < 4.78 is 15.3. The van der Waals surface area contributed by atoms with Crippen molar-refractivity contribution in [2.24, 2.45) is 0 Å². The molecular formula is C22H24Cl2FN5OS. The maximum atomic E-state index is 13.5. The number of aromatic nitrogens is 3. The predicted molar refractivity (Wildman–Crippen MR) is 127 cm³/mol. The van der Waals surface area contributed by atoms with Gasteiger partial charge in [-0.15, -0.1) is 10.2 Å². The van der Waals surface area contributed by atoms with E-state index in [9.17, 15) is 9.18 Å². The van der Waals surface area contributed by atoms with Gasteiger partial charge in [0.15, 0.2) is 11.0 Å². The van der Waals surface area contributed by atoms with Crippen LogP contribution in [-0.4, -0.2) is 45.4 Å². The number of nitrogens with zero attached hydrogens (tertiary/aromatic N) is 4. The van der Waals surface area contributed by atoms with Crippen LogP contribution in [0.2, 0.25) is 10.0 Å². The van der Waals surface area contributed by atoms with Crippen molar-refractivity contribution in [3.8, 4) is 5.69 Å². The Balaban J connectivity index is 1.75. The molecule has 1 aromatic heterocycles. The lowest BCUT2D eigenvalue weighted by atomic mass is 10.1. The fourth-order valence-electron chi connectivity index (χ4n) is 2.99. The highest BCUT2D eigenvalue weighted by atomic mass is 35.5. The molecule has 0 aliphatic carbocycles. The molecule has 170 valence electrons. The number of amides is 1. The van der Waals surface area contributed by atoms with E-state index < -0.39 is 0 Å². The molecule has 1 N–H and O–H groups in total. The van der Waals surface area contributed by atoms with E-state index in [2.05, 4.69) is 15.5 Å². The van der Waals surface area contributed by atoms with Crippen molar-refractivity contribution in [2.75, 3.05) is 19.8 Å². The second-order valence-electron chi connectivity index (χ2n) is 7.54. The molecule has 0 saturated carbocycles. The van der Waals surface area contributed by atoms with Crippen LogP contribution >= 0.6 is 35.0 Å². The summed E-state index contributed by atoms with van der Waals surface area (Å²) in [5, 5.41) is 13.0. The van der Waals surface area contributed by atoms with E-state index in [1.807, 2.05) is 43.5 Å². The molecule has 0 spiro atoms. The van der Waals surface area contributed by atoms with Gasteiger partial charge in [0.05, 0.1) is 27.9 Å². The Hall–Kier alpha value is -2.13. The second kappa shape index (κ2) is 10.7. The summed E-state index contributed by atoms with van der Waals surface area (Å²) in [6, 6.07) is 11.1. The summed E-state index contributed by atoms with van der Waals surface area (Å²) in [5.74, 6) is 0.355. The average Bonchev–Trinajstić information content (AvgIpc) is 3.17.